The quantitative estimate of drug-likeness (QED) is 0.344. The summed E-state index contributed by atoms with van der Waals surface area (Å²) in [5.41, 5.74) is 1.85. The number of esters is 1. The van der Waals surface area contributed by atoms with Gasteiger partial charge in [-0.25, -0.2) is 0 Å². The van der Waals surface area contributed by atoms with Gasteiger partial charge in [0.25, 0.3) is 0 Å². The third-order valence-electron chi connectivity index (χ3n) is 8.13. The second-order valence-corrected chi connectivity index (χ2v) is 10.9. The molecular formula is C33H41NO4. The number of likely N-dealkylation sites (tertiary alicyclic amines) is 1. The van der Waals surface area contributed by atoms with E-state index in [-0.39, 0.29) is 11.9 Å². The first-order valence-corrected chi connectivity index (χ1v) is 13.8. The van der Waals surface area contributed by atoms with E-state index in [0.29, 0.717) is 13.0 Å². The molecule has 3 aromatic rings. The molecule has 1 aliphatic heterocycles. The maximum Gasteiger partial charge on any atom is 0.315 e. The van der Waals surface area contributed by atoms with Crippen LogP contribution in [0.15, 0.2) is 84.9 Å². The van der Waals surface area contributed by atoms with Crippen molar-refractivity contribution in [2.75, 3.05) is 26.2 Å². The molecule has 0 bridgehead atoms. The number of nitrogens with zero attached hydrogens (tertiary/aromatic N) is 1. The number of ether oxygens (including phenoxy) is 1. The monoisotopic (exact) mass is 515 g/mol. The Hall–Kier alpha value is -2.99. The zero-order chi connectivity index (χ0) is 27.2. The maximum atomic E-state index is 12.3. The van der Waals surface area contributed by atoms with E-state index in [4.69, 9.17) is 4.74 Å². The van der Waals surface area contributed by atoms with Crippen molar-refractivity contribution in [2.24, 2.45) is 5.92 Å². The zero-order valence-electron chi connectivity index (χ0n) is 22.8. The van der Waals surface area contributed by atoms with Gasteiger partial charge in [0.15, 0.2) is 0 Å². The predicted molar refractivity (Wildman–Crippen MR) is 151 cm³/mol. The van der Waals surface area contributed by atoms with Crippen molar-refractivity contribution in [1.82, 2.24) is 4.90 Å². The van der Waals surface area contributed by atoms with Crippen LogP contribution in [0.1, 0.15) is 68.4 Å². The van der Waals surface area contributed by atoms with Crippen molar-refractivity contribution in [3.8, 4) is 0 Å². The lowest BCUT2D eigenvalue weighted by atomic mass is 9.72. The topological polar surface area (TPSA) is 70.0 Å². The van der Waals surface area contributed by atoms with Gasteiger partial charge in [-0.15, -0.1) is 0 Å². The van der Waals surface area contributed by atoms with E-state index in [1.807, 2.05) is 106 Å². The van der Waals surface area contributed by atoms with Gasteiger partial charge in [-0.3, -0.25) is 4.79 Å². The summed E-state index contributed by atoms with van der Waals surface area (Å²) in [7, 11) is 0. The number of hydrogen-bond acceptors (Lipinski definition) is 5. The standard InChI is InChI=1S/C33H41NO4/c1-4-38-31(36)32(2,3)26-17-15-25(16-18-26)30(35)21-24-34-22-19-29(20-23-34)33(37,27-11-7-5-8-12-27)28-13-9-6-10-14-28/h5-18,29-30,35,37H,4,19-24H2,1-3H3. The summed E-state index contributed by atoms with van der Waals surface area (Å²) in [4.78, 5) is 14.7. The molecule has 1 unspecified atom stereocenters. The van der Waals surface area contributed by atoms with Crippen LogP contribution < -0.4 is 0 Å². The molecule has 1 fully saturated rings. The van der Waals surface area contributed by atoms with E-state index in [1.165, 1.54) is 0 Å². The van der Waals surface area contributed by atoms with Crippen LogP contribution in [-0.2, 0) is 20.5 Å². The lowest BCUT2D eigenvalue weighted by Crippen LogP contribution is -2.44. The summed E-state index contributed by atoms with van der Waals surface area (Å²) in [6.07, 6.45) is 1.83. The summed E-state index contributed by atoms with van der Waals surface area (Å²) >= 11 is 0. The van der Waals surface area contributed by atoms with E-state index in [9.17, 15) is 15.0 Å². The van der Waals surface area contributed by atoms with Crippen LogP contribution in [0.25, 0.3) is 0 Å². The molecule has 202 valence electrons. The van der Waals surface area contributed by atoms with Crippen molar-refractivity contribution in [2.45, 2.75) is 57.2 Å². The predicted octanol–water partition coefficient (Wildman–Crippen LogP) is 5.60. The molecular weight excluding hydrogens is 474 g/mol. The number of aliphatic hydroxyl groups excluding tert-OH is 1. The van der Waals surface area contributed by atoms with Gasteiger partial charge in [-0.1, -0.05) is 84.9 Å². The summed E-state index contributed by atoms with van der Waals surface area (Å²) in [6.45, 7) is 8.43. The maximum absolute atomic E-state index is 12.3. The smallest absolute Gasteiger partial charge is 0.315 e. The van der Waals surface area contributed by atoms with Gasteiger partial charge >= 0.3 is 5.97 Å². The molecule has 0 amide bonds. The molecule has 3 aromatic carbocycles. The molecule has 4 rings (SSSR count). The minimum atomic E-state index is -1.02. The van der Waals surface area contributed by atoms with Gasteiger partial charge in [-0.05, 0) is 81.3 Å². The molecule has 38 heavy (non-hydrogen) atoms. The minimum Gasteiger partial charge on any atom is -0.465 e. The Morgan fingerprint density at radius 1 is 0.895 bits per heavy atom. The Kier molecular flexibility index (Phi) is 9.03. The SMILES string of the molecule is CCOC(=O)C(C)(C)c1ccc(C(O)CCN2CCC(C(O)(c3ccccc3)c3ccccc3)CC2)cc1. The summed E-state index contributed by atoms with van der Waals surface area (Å²) < 4.78 is 5.21. The summed E-state index contributed by atoms with van der Waals surface area (Å²) in [5, 5.41) is 22.9. The van der Waals surface area contributed by atoms with E-state index < -0.39 is 17.1 Å². The minimum absolute atomic E-state index is 0.115. The Morgan fingerprint density at radius 2 is 1.42 bits per heavy atom. The molecule has 1 saturated heterocycles. The molecule has 0 aliphatic carbocycles. The van der Waals surface area contributed by atoms with Crippen LogP contribution in [0.2, 0.25) is 0 Å². The van der Waals surface area contributed by atoms with E-state index in [0.717, 1.165) is 54.7 Å². The van der Waals surface area contributed by atoms with E-state index in [1.54, 1.807) is 0 Å². The average Bonchev–Trinajstić information content (AvgIpc) is 2.97. The number of piperidine rings is 1. The molecule has 5 nitrogen and oxygen atoms in total. The lowest BCUT2D eigenvalue weighted by molar-refractivity contribution is -0.148. The Bertz CT molecular complexity index is 1110. The van der Waals surface area contributed by atoms with Gasteiger partial charge in [0.05, 0.1) is 18.1 Å². The van der Waals surface area contributed by atoms with Crippen LogP contribution >= 0.6 is 0 Å². The van der Waals surface area contributed by atoms with Crippen LogP contribution in [-0.4, -0.2) is 47.3 Å². The van der Waals surface area contributed by atoms with Crippen molar-refractivity contribution in [3.05, 3.63) is 107 Å². The lowest BCUT2D eigenvalue weighted by Gasteiger charge is -2.42. The molecule has 0 aromatic heterocycles. The van der Waals surface area contributed by atoms with E-state index in [2.05, 4.69) is 4.90 Å². The third-order valence-corrected chi connectivity index (χ3v) is 8.13. The number of aliphatic hydroxyl groups is 2. The number of carbonyl (C=O) groups is 1. The highest BCUT2D eigenvalue weighted by Crippen LogP contribution is 2.42. The summed E-state index contributed by atoms with van der Waals surface area (Å²) in [6, 6.07) is 27.7. The fraction of sp³-hybridized carbons (Fsp3) is 0.424. The van der Waals surface area contributed by atoms with Gasteiger partial charge in [0, 0.05) is 6.54 Å². The molecule has 0 radical (unpaired) electrons. The second kappa shape index (κ2) is 12.2. The van der Waals surface area contributed by atoms with Gasteiger partial charge < -0.3 is 19.8 Å². The Labute approximate surface area is 227 Å². The van der Waals surface area contributed by atoms with Crippen LogP contribution in [0.3, 0.4) is 0 Å². The molecule has 2 N–H and O–H groups in total. The fourth-order valence-electron chi connectivity index (χ4n) is 5.62. The Balaban J connectivity index is 1.35. The first-order valence-electron chi connectivity index (χ1n) is 13.8. The van der Waals surface area contributed by atoms with Crippen molar-refractivity contribution in [1.29, 1.82) is 0 Å². The molecule has 1 aliphatic rings. The van der Waals surface area contributed by atoms with Crippen LogP contribution in [0.5, 0.6) is 0 Å². The second-order valence-electron chi connectivity index (χ2n) is 10.9. The highest BCUT2D eigenvalue weighted by Gasteiger charge is 2.41. The van der Waals surface area contributed by atoms with Crippen molar-refractivity contribution in [3.63, 3.8) is 0 Å². The third kappa shape index (κ3) is 6.01. The number of carbonyl (C=O) groups excluding carboxylic acids is 1. The molecule has 5 heteroatoms. The molecule has 0 spiro atoms. The van der Waals surface area contributed by atoms with Gasteiger partial charge in [0.1, 0.15) is 5.60 Å². The van der Waals surface area contributed by atoms with Crippen LogP contribution in [0, 0.1) is 5.92 Å². The first kappa shape index (κ1) is 28.0. The zero-order valence-corrected chi connectivity index (χ0v) is 22.8. The number of rotatable bonds is 10. The van der Waals surface area contributed by atoms with Gasteiger partial charge in [-0.2, -0.15) is 0 Å². The van der Waals surface area contributed by atoms with E-state index >= 15 is 0 Å². The first-order chi connectivity index (χ1) is 18.3. The number of hydrogen-bond donors (Lipinski definition) is 2. The summed E-state index contributed by atoms with van der Waals surface area (Å²) in [5.74, 6) is -0.133. The van der Waals surface area contributed by atoms with Crippen LogP contribution in [0.4, 0.5) is 0 Å². The highest BCUT2D eigenvalue weighted by atomic mass is 16.5. The normalized spacial score (nSPS) is 16.2. The highest BCUT2D eigenvalue weighted by molar-refractivity contribution is 5.82. The molecule has 0 saturated carbocycles. The Morgan fingerprint density at radius 3 is 1.92 bits per heavy atom. The molecule has 1 atom stereocenters. The average molecular weight is 516 g/mol. The van der Waals surface area contributed by atoms with Crippen molar-refractivity contribution >= 4 is 5.97 Å². The van der Waals surface area contributed by atoms with Crippen molar-refractivity contribution < 1.29 is 19.7 Å². The number of benzene rings is 3. The molecule has 1 heterocycles. The van der Waals surface area contributed by atoms with Gasteiger partial charge in [0.2, 0.25) is 0 Å². The largest absolute Gasteiger partial charge is 0.465 e. The fourth-order valence-corrected chi connectivity index (χ4v) is 5.62.